The SMILES string of the molecule is Cc1c(Cl)cccc1NC(=S)N(CCN(C)C)[C@H](C)c1ccccn1. The van der Waals surface area contributed by atoms with Gasteiger partial charge in [-0.05, 0) is 70.0 Å². The van der Waals surface area contributed by atoms with Gasteiger partial charge in [-0.2, -0.15) is 0 Å². The molecule has 0 fully saturated rings. The first-order chi connectivity index (χ1) is 11.9. The lowest BCUT2D eigenvalue weighted by molar-refractivity contribution is 0.286. The summed E-state index contributed by atoms with van der Waals surface area (Å²) in [6, 6.07) is 11.8. The first-order valence-corrected chi connectivity index (χ1v) is 9.07. The second-order valence-electron chi connectivity index (χ2n) is 6.27. The fraction of sp³-hybridized carbons (Fsp3) is 0.368. The second kappa shape index (κ2) is 9.13. The van der Waals surface area contributed by atoms with Crippen molar-refractivity contribution in [1.29, 1.82) is 0 Å². The van der Waals surface area contributed by atoms with Gasteiger partial charge < -0.3 is 15.1 Å². The Morgan fingerprint density at radius 2 is 1.96 bits per heavy atom. The summed E-state index contributed by atoms with van der Waals surface area (Å²) in [7, 11) is 4.11. The van der Waals surface area contributed by atoms with Gasteiger partial charge in [0.15, 0.2) is 5.11 Å². The van der Waals surface area contributed by atoms with E-state index in [-0.39, 0.29) is 6.04 Å². The maximum absolute atomic E-state index is 6.22. The fourth-order valence-electron chi connectivity index (χ4n) is 2.49. The van der Waals surface area contributed by atoms with Crippen molar-refractivity contribution < 1.29 is 0 Å². The molecule has 0 amide bonds. The minimum Gasteiger partial charge on any atom is -0.339 e. The maximum Gasteiger partial charge on any atom is 0.174 e. The molecule has 6 heteroatoms. The first kappa shape index (κ1) is 19.6. The Hall–Kier alpha value is -1.69. The van der Waals surface area contributed by atoms with Gasteiger partial charge in [0.25, 0.3) is 0 Å². The summed E-state index contributed by atoms with van der Waals surface area (Å²) in [5.41, 5.74) is 2.92. The Labute approximate surface area is 160 Å². The highest BCUT2D eigenvalue weighted by atomic mass is 35.5. The molecule has 0 saturated heterocycles. The zero-order valence-corrected chi connectivity index (χ0v) is 16.7. The molecule has 1 heterocycles. The number of nitrogens with one attached hydrogen (secondary N) is 1. The van der Waals surface area contributed by atoms with Crippen LogP contribution in [0, 0.1) is 6.92 Å². The first-order valence-electron chi connectivity index (χ1n) is 8.28. The third kappa shape index (κ3) is 5.39. The zero-order valence-electron chi connectivity index (χ0n) is 15.2. The van der Waals surface area contributed by atoms with E-state index in [2.05, 4.69) is 41.1 Å². The molecule has 0 aliphatic carbocycles. The van der Waals surface area contributed by atoms with E-state index in [0.717, 1.165) is 35.1 Å². The summed E-state index contributed by atoms with van der Waals surface area (Å²) in [6.07, 6.45) is 1.81. The van der Waals surface area contributed by atoms with Crippen molar-refractivity contribution in [2.45, 2.75) is 19.9 Å². The van der Waals surface area contributed by atoms with E-state index < -0.39 is 0 Å². The Balaban J connectivity index is 2.21. The number of benzene rings is 1. The van der Waals surface area contributed by atoms with Crippen LogP contribution in [0.5, 0.6) is 0 Å². The van der Waals surface area contributed by atoms with Crippen LogP contribution in [-0.4, -0.2) is 47.1 Å². The highest BCUT2D eigenvalue weighted by molar-refractivity contribution is 7.80. The quantitative estimate of drug-likeness (QED) is 0.757. The number of aromatic nitrogens is 1. The third-order valence-corrected chi connectivity index (χ3v) is 4.89. The molecular formula is C19H25ClN4S. The molecule has 0 unspecified atom stereocenters. The van der Waals surface area contributed by atoms with E-state index in [4.69, 9.17) is 23.8 Å². The molecule has 25 heavy (non-hydrogen) atoms. The minimum atomic E-state index is 0.0700. The number of hydrogen-bond acceptors (Lipinski definition) is 3. The van der Waals surface area contributed by atoms with E-state index in [0.29, 0.717) is 5.11 Å². The van der Waals surface area contributed by atoms with Gasteiger partial charge in [0.05, 0.1) is 11.7 Å². The number of pyridine rings is 1. The standard InChI is InChI=1S/C19H25ClN4S/c1-14-16(20)8-7-10-17(14)22-19(25)24(13-12-23(3)4)15(2)18-9-5-6-11-21-18/h5-11,15H,12-13H2,1-4H3,(H,22,25)/t15-/m1/s1. The number of likely N-dealkylation sites (N-methyl/N-ethyl adjacent to an activating group) is 1. The summed E-state index contributed by atoms with van der Waals surface area (Å²) in [5, 5.41) is 4.75. The predicted octanol–water partition coefficient (Wildman–Crippen LogP) is 4.37. The van der Waals surface area contributed by atoms with Crippen LogP contribution >= 0.6 is 23.8 Å². The molecule has 0 radical (unpaired) electrons. The summed E-state index contributed by atoms with van der Waals surface area (Å²) in [4.78, 5) is 8.79. The number of rotatable bonds is 6. The molecule has 0 aliphatic rings. The summed E-state index contributed by atoms with van der Waals surface area (Å²) < 4.78 is 0. The number of hydrogen-bond donors (Lipinski definition) is 1. The van der Waals surface area contributed by atoms with Crippen LogP contribution < -0.4 is 5.32 Å². The largest absolute Gasteiger partial charge is 0.339 e. The van der Waals surface area contributed by atoms with Gasteiger partial charge in [0.1, 0.15) is 0 Å². The minimum absolute atomic E-state index is 0.0700. The predicted molar refractivity (Wildman–Crippen MR) is 110 cm³/mol. The van der Waals surface area contributed by atoms with Crippen LogP contribution in [0.2, 0.25) is 5.02 Å². The summed E-state index contributed by atoms with van der Waals surface area (Å²) in [5.74, 6) is 0. The Morgan fingerprint density at radius 1 is 1.20 bits per heavy atom. The lowest BCUT2D eigenvalue weighted by atomic mass is 10.2. The van der Waals surface area contributed by atoms with Gasteiger partial charge in [-0.3, -0.25) is 4.98 Å². The van der Waals surface area contributed by atoms with Crippen molar-refractivity contribution in [3.63, 3.8) is 0 Å². The topological polar surface area (TPSA) is 31.4 Å². The Bertz CT molecular complexity index is 706. The van der Waals surface area contributed by atoms with Crippen LogP contribution in [0.4, 0.5) is 5.69 Å². The van der Waals surface area contributed by atoms with Gasteiger partial charge in [-0.1, -0.05) is 23.7 Å². The Morgan fingerprint density at radius 3 is 2.60 bits per heavy atom. The molecule has 1 aromatic carbocycles. The van der Waals surface area contributed by atoms with Crippen molar-refractivity contribution in [3.05, 3.63) is 58.9 Å². The highest BCUT2D eigenvalue weighted by Crippen LogP contribution is 2.25. The van der Waals surface area contributed by atoms with E-state index in [1.54, 1.807) is 0 Å². The van der Waals surface area contributed by atoms with Crippen LogP contribution in [0.15, 0.2) is 42.6 Å². The van der Waals surface area contributed by atoms with Gasteiger partial charge in [-0.15, -0.1) is 0 Å². The van der Waals surface area contributed by atoms with Crippen molar-refractivity contribution in [3.8, 4) is 0 Å². The molecule has 2 rings (SSSR count). The van der Waals surface area contributed by atoms with Gasteiger partial charge in [0, 0.05) is 30.0 Å². The zero-order chi connectivity index (χ0) is 18.4. The average Bonchev–Trinajstić information content (AvgIpc) is 2.59. The molecule has 0 saturated carbocycles. The number of nitrogens with zero attached hydrogens (tertiary/aromatic N) is 3. The normalized spacial score (nSPS) is 12.1. The van der Waals surface area contributed by atoms with Crippen LogP contribution in [-0.2, 0) is 0 Å². The molecule has 0 aliphatic heterocycles. The van der Waals surface area contributed by atoms with Gasteiger partial charge in [-0.25, -0.2) is 0 Å². The molecule has 4 nitrogen and oxygen atoms in total. The monoisotopic (exact) mass is 376 g/mol. The Kier molecular flexibility index (Phi) is 7.17. The fourth-order valence-corrected chi connectivity index (χ4v) is 3.03. The van der Waals surface area contributed by atoms with Crippen molar-refractivity contribution in [2.75, 3.05) is 32.5 Å². The third-order valence-electron chi connectivity index (χ3n) is 4.14. The van der Waals surface area contributed by atoms with Crippen LogP contribution in [0.1, 0.15) is 24.2 Å². The number of anilines is 1. The smallest absolute Gasteiger partial charge is 0.174 e. The molecule has 134 valence electrons. The molecule has 1 atom stereocenters. The van der Waals surface area contributed by atoms with Crippen LogP contribution in [0.25, 0.3) is 0 Å². The van der Waals surface area contributed by atoms with Crippen molar-refractivity contribution in [1.82, 2.24) is 14.8 Å². The van der Waals surface area contributed by atoms with E-state index in [1.807, 2.05) is 49.5 Å². The van der Waals surface area contributed by atoms with Crippen LogP contribution in [0.3, 0.4) is 0 Å². The lowest BCUT2D eigenvalue weighted by Gasteiger charge is -2.32. The van der Waals surface area contributed by atoms with Gasteiger partial charge >= 0.3 is 0 Å². The van der Waals surface area contributed by atoms with E-state index >= 15 is 0 Å². The second-order valence-corrected chi connectivity index (χ2v) is 7.06. The molecule has 0 bridgehead atoms. The molecule has 1 N–H and O–H groups in total. The summed E-state index contributed by atoms with van der Waals surface area (Å²) >= 11 is 11.9. The van der Waals surface area contributed by atoms with E-state index in [1.165, 1.54) is 0 Å². The number of thiocarbonyl (C=S) groups is 1. The average molecular weight is 377 g/mol. The maximum atomic E-state index is 6.22. The molecule has 2 aromatic rings. The molecule has 0 spiro atoms. The van der Waals surface area contributed by atoms with Crippen molar-refractivity contribution >= 4 is 34.6 Å². The molecule has 1 aromatic heterocycles. The highest BCUT2D eigenvalue weighted by Gasteiger charge is 2.20. The molecular weight excluding hydrogens is 352 g/mol. The van der Waals surface area contributed by atoms with E-state index in [9.17, 15) is 0 Å². The van der Waals surface area contributed by atoms with Gasteiger partial charge in [0.2, 0.25) is 0 Å². The van der Waals surface area contributed by atoms with Crippen molar-refractivity contribution in [2.24, 2.45) is 0 Å². The lowest BCUT2D eigenvalue weighted by Crippen LogP contribution is -2.41. The summed E-state index contributed by atoms with van der Waals surface area (Å²) in [6.45, 7) is 5.81. The number of halogens is 1.